The van der Waals surface area contributed by atoms with Crippen LogP contribution in [0.25, 0.3) is 10.9 Å². The molecule has 1 N–H and O–H groups in total. The largest absolute Gasteiger partial charge is 0.386 e. The van der Waals surface area contributed by atoms with Crippen LogP contribution in [-0.4, -0.2) is 10.1 Å². The number of aromatic nitrogens is 1. The van der Waals surface area contributed by atoms with Gasteiger partial charge in [0, 0.05) is 11.1 Å². The van der Waals surface area contributed by atoms with Crippen LogP contribution in [-0.2, 0) is 5.60 Å². The number of pyridine rings is 1. The maximum Gasteiger partial charge on any atom is 0.0847 e. The van der Waals surface area contributed by atoms with Crippen molar-refractivity contribution in [1.82, 2.24) is 4.98 Å². The molecule has 0 bridgehead atoms. The van der Waals surface area contributed by atoms with Gasteiger partial charge in [-0.3, -0.25) is 4.98 Å². The number of fused-ring (bicyclic) bond motifs is 1. The first-order valence-electron chi connectivity index (χ1n) is 7.38. The van der Waals surface area contributed by atoms with Gasteiger partial charge in [-0.25, -0.2) is 0 Å². The summed E-state index contributed by atoms with van der Waals surface area (Å²) in [6.07, 6.45) is 0. The number of benzene rings is 1. The highest BCUT2D eigenvalue weighted by molar-refractivity contribution is 5.86. The first-order valence-corrected chi connectivity index (χ1v) is 7.38. The van der Waals surface area contributed by atoms with Crippen LogP contribution in [0.2, 0.25) is 0 Å². The van der Waals surface area contributed by atoms with Crippen LogP contribution in [0.5, 0.6) is 0 Å². The number of nitrogens with zero attached hydrogens (tertiary/aromatic N) is 1. The third-order valence-electron chi connectivity index (χ3n) is 3.76. The fraction of sp³-hybridized carbons (Fsp3) is 0.500. The summed E-state index contributed by atoms with van der Waals surface area (Å²) in [5, 5.41) is 11.6. The van der Waals surface area contributed by atoms with E-state index >= 15 is 0 Å². The second kappa shape index (κ2) is 5.17. The lowest BCUT2D eigenvalue weighted by Crippen LogP contribution is -2.17. The van der Waals surface area contributed by atoms with Crippen LogP contribution in [0.3, 0.4) is 0 Å². The molecule has 0 saturated carbocycles. The molecule has 2 rings (SSSR count). The van der Waals surface area contributed by atoms with Gasteiger partial charge in [0.1, 0.15) is 0 Å². The molecule has 108 valence electrons. The number of hydrogen-bond donors (Lipinski definition) is 1. The van der Waals surface area contributed by atoms with Crippen molar-refractivity contribution in [1.29, 1.82) is 0 Å². The molecule has 0 aliphatic heterocycles. The van der Waals surface area contributed by atoms with Crippen molar-refractivity contribution in [2.75, 3.05) is 0 Å². The minimum Gasteiger partial charge on any atom is -0.386 e. The molecule has 0 atom stereocenters. The van der Waals surface area contributed by atoms with E-state index in [-0.39, 0.29) is 0 Å². The molecule has 0 amide bonds. The molecule has 1 heterocycles. The second-order valence-electron chi connectivity index (χ2n) is 6.71. The molecule has 2 heteroatoms. The molecule has 1 aromatic heterocycles. The zero-order valence-corrected chi connectivity index (χ0v) is 13.4. The highest BCUT2D eigenvalue weighted by Crippen LogP contribution is 2.33. The molecule has 0 spiro atoms. The molecule has 0 saturated heterocycles. The van der Waals surface area contributed by atoms with Crippen LogP contribution >= 0.6 is 0 Å². The quantitative estimate of drug-likeness (QED) is 0.877. The SMILES string of the molecule is CC(C)c1cc(C(C)(C)O)c2cccc(C(C)C)c2n1. The summed E-state index contributed by atoms with van der Waals surface area (Å²) < 4.78 is 0. The van der Waals surface area contributed by atoms with Gasteiger partial charge < -0.3 is 5.11 Å². The summed E-state index contributed by atoms with van der Waals surface area (Å²) in [7, 11) is 0. The van der Waals surface area contributed by atoms with E-state index in [2.05, 4.69) is 52.0 Å². The maximum absolute atomic E-state index is 10.5. The Bertz CT molecular complexity index is 621. The van der Waals surface area contributed by atoms with Gasteiger partial charge in [-0.2, -0.15) is 0 Å². The van der Waals surface area contributed by atoms with Crippen molar-refractivity contribution in [2.45, 2.75) is 59.0 Å². The van der Waals surface area contributed by atoms with Gasteiger partial charge in [-0.1, -0.05) is 45.9 Å². The van der Waals surface area contributed by atoms with Crippen molar-refractivity contribution in [3.05, 3.63) is 41.1 Å². The topological polar surface area (TPSA) is 33.1 Å². The van der Waals surface area contributed by atoms with Crippen LogP contribution in [0.4, 0.5) is 0 Å². The molecule has 2 aromatic rings. The van der Waals surface area contributed by atoms with E-state index in [1.54, 1.807) is 0 Å². The molecule has 0 unspecified atom stereocenters. The van der Waals surface area contributed by atoms with Gasteiger partial charge in [0.15, 0.2) is 0 Å². The van der Waals surface area contributed by atoms with Gasteiger partial charge in [-0.15, -0.1) is 0 Å². The Labute approximate surface area is 121 Å². The molecule has 0 fully saturated rings. The summed E-state index contributed by atoms with van der Waals surface area (Å²) >= 11 is 0. The third-order valence-corrected chi connectivity index (χ3v) is 3.76. The normalized spacial score (nSPS) is 12.7. The summed E-state index contributed by atoms with van der Waals surface area (Å²) in [6.45, 7) is 12.3. The Balaban J connectivity index is 2.88. The van der Waals surface area contributed by atoms with Gasteiger partial charge in [0.25, 0.3) is 0 Å². The lowest BCUT2D eigenvalue weighted by Gasteiger charge is -2.23. The maximum atomic E-state index is 10.5. The molecule has 0 aliphatic carbocycles. The van der Waals surface area contributed by atoms with Crippen LogP contribution < -0.4 is 0 Å². The average Bonchev–Trinajstić information content (AvgIpc) is 2.35. The fourth-order valence-corrected chi connectivity index (χ4v) is 2.56. The fourth-order valence-electron chi connectivity index (χ4n) is 2.56. The third kappa shape index (κ3) is 2.71. The number of hydrogen-bond acceptors (Lipinski definition) is 2. The highest BCUT2D eigenvalue weighted by atomic mass is 16.3. The van der Waals surface area contributed by atoms with Crippen molar-refractivity contribution in [2.24, 2.45) is 0 Å². The molecule has 20 heavy (non-hydrogen) atoms. The van der Waals surface area contributed by atoms with E-state index in [0.717, 1.165) is 22.2 Å². The van der Waals surface area contributed by atoms with Gasteiger partial charge in [0.05, 0.1) is 11.1 Å². The molecule has 1 aromatic carbocycles. The second-order valence-corrected chi connectivity index (χ2v) is 6.71. The number of para-hydroxylation sites is 1. The molecular formula is C18H25NO. The molecular weight excluding hydrogens is 246 g/mol. The van der Waals surface area contributed by atoms with E-state index in [9.17, 15) is 5.11 Å². The Morgan fingerprint density at radius 2 is 1.70 bits per heavy atom. The lowest BCUT2D eigenvalue weighted by atomic mass is 9.89. The van der Waals surface area contributed by atoms with Crippen molar-refractivity contribution in [3.63, 3.8) is 0 Å². The van der Waals surface area contributed by atoms with Gasteiger partial charge in [0.2, 0.25) is 0 Å². The monoisotopic (exact) mass is 271 g/mol. The summed E-state index contributed by atoms with van der Waals surface area (Å²) in [5.41, 5.74) is 3.43. The first-order chi connectivity index (χ1) is 9.21. The van der Waals surface area contributed by atoms with E-state index in [4.69, 9.17) is 4.98 Å². The predicted molar refractivity (Wildman–Crippen MR) is 85.2 cm³/mol. The standard InChI is InChI=1S/C18H25NO/c1-11(2)13-8-7-9-14-15(18(5,6)20)10-16(12(3)4)19-17(13)14/h7-12,20H,1-6H3. The number of aliphatic hydroxyl groups is 1. The van der Waals surface area contributed by atoms with E-state index in [1.165, 1.54) is 5.56 Å². The first kappa shape index (κ1) is 15.0. The molecule has 0 radical (unpaired) electrons. The van der Waals surface area contributed by atoms with Crippen molar-refractivity contribution in [3.8, 4) is 0 Å². The minimum absolute atomic E-state index is 0.348. The number of rotatable bonds is 3. The smallest absolute Gasteiger partial charge is 0.0847 e. The molecule has 0 aliphatic rings. The highest BCUT2D eigenvalue weighted by Gasteiger charge is 2.22. The predicted octanol–water partition coefficient (Wildman–Crippen LogP) is 4.71. The van der Waals surface area contributed by atoms with Gasteiger partial charge >= 0.3 is 0 Å². The Morgan fingerprint density at radius 1 is 1.05 bits per heavy atom. The Kier molecular flexibility index (Phi) is 3.88. The Morgan fingerprint density at radius 3 is 2.20 bits per heavy atom. The lowest BCUT2D eigenvalue weighted by molar-refractivity contribution is 0.0800. The van der Waals surface area contributed by atoms with E-state index < -0.39 is 5.60 Å². The van der Waals surface area contributed by atoms with Crippen LogP contribution in [0.1, 0.15) is 70.2 Å². The average molecular weight is 271 g/mol. The molecule has 2 nitrogen and oxygen atoms in total. The zero-order chi connectivity index (χ0) is 15.1. The summed E-state index contributed by atoms with van der Waals surface area (Å²) in [4.78, 5) is 4.86. The van der Waals surface area contributed by atoms with E-state index in [0.29, 0.717) is 11.8 Å². The summed E-state index contributed by atoms with van der Waals surface area (Å²) in [6, 6.07) is 8.31. The van der Waals surface area contributed by atoms with Crippen molar-refractivity contribution < 1.29 is 5.11 Å². The summed E-state index contributed by atoms with van der Waals surface area (Å²) in [5.74, 6) is 0.768. The van der Waals surface area contributed by atoms with Crippen LogP contribution in [0, 0.1) is 0 Å². The van der Waals surface area contributed by atoms with Crippen LogP contribution in [0.15, 0.2) is 24.3 Å². The minimum atomic E-state index is -0.861. The van der Waals surface area contributed by atoms with E-state index in [1.807, 2.05) is 13.8 Å². The zero-order valence-electron chi connectivity index (χ0n) is 13.4. The Hall–Kier alpha value is -1.41. The van der Waals surface area contributed by atoms with Crippen molar-refractivity contribution >= 4 is 10.9 Å². The van der Waals surface area contributed by atoms with Gasteiger partial charge in [-0.05, 0) is 42.9 Å².